The Morgan fingerprint density at radius 1 is 1.00 bits per heavy atom. The molecule has 1 atom stereocenters. The summed E-state index contributed by atoms with van der Waals surface area (Å²) < 4.78 is 6.84. The van der Waals surface area contributed by atoms with Crippen LogP contribution >= 0.6 is 0 Å². The zero-order valence-electron chi connectivity index (χ0n) is 17.5. The standard InChI is InChI=1S/C23H24N4O4/c1-14(2)16-9-11-17(12-10-16)20-19(13-27(26-20)18-7-5-4-6-8-18)22(29)31-15(3)21(28)25-23(24)30/h4-15H,1-3H3,(H3,24,25,28,30)/t15-/m0/s1. The highest BCUT2D eigenvalue weighted by molar-refractivity contribution is 6.00. The third-order valence-electron chi connectivity index (χ3n) is 4.71. The van der Waals surface area contributed by atoms with E-state index in [9.17, 15) is 14.4 Å². The topological polar surface area (TPSA) is 116 Å². The average Bonchev–Trinajstić information content (AvgIpc) is 3.19. The van der Waals surface area contributed by atoms with Gasteiger partial charge in [-0.25, -0.2) is 14.3 Å². The largest absolute Gasteiger partial charge is 0.449 e. The molecule has 0 fully saturated rings. The second-order valence-electron chi connectivity index (χ2n) is 7.35. The van der Waals surface area contributed by atoms with Crippen molar-refractivity contribution in [2.45, 2.75) is 32.8 Å². The number of hydrogen-bond acceptors (Lipinski definition) is 5. The molecule has 3 rings (SSSR count). The number of primary amides is 1. The maximum Gasteiger partial charge on any atom is 0.342 e. The summed E-state index contributed by atoms with van der Waals surface area (Å²) in [4.78, 5) is 35.7. The number of para-hydroxylation sites is 1. The summed E-state index contributed by atoms with van der Waals surface area (Å²) >= 11 is 0. The van der Waals surface area contributed by atoms with Crippen LogP contribution in [0.1, 0.15) is 42.6 Å². The van der Waals surface area contributed by atoms with E-state index in [4.69, 9.17) is 10.5 Å². The normalized spacial score (nSPS) is 11.7. The van der Waals surface area contributed by atoms with Crippen LogP contribution in [-0.4, -0.2) is 33.8 Å². The van der Waals surface area contributed by atoms with Gasteiger partial charge in [-0.05, 0) is 30.5 Å². The number of carbonyl (C=O) groups excluding carboxylic acids is 3. The maximum absolute atomic E-state index is 12.9. The number of hydrogen-bond donors (Lipinski definition) is 2. The predicted molar refractivity (Wildman–Crippen MR) is 116 cm³/mol. The van der Waals surface area contributed by atoms with Crippen molar-refractivity contribution >= 4 is 17.9 Å². The highest BCUT2D eigenvalue weighted by Crippen LogP contribution is 2.26. The molecule has 3 amide bonds. The number of urea groups is 1. The Balaban J connectivity index is 1.97. The molecule has 8 heteroatoms. The average molecular weight is 420 g/mol. The number of carbonyl (C=O) groups is 3. The number of nitrogens with two attached hydrogens (primary N) is 1. The van der Waals surface area contributed by atoms with E-state index >= 15 is 0 Å². The van der Waals surface area contributed by atoms with Gasteiger partial charge in [0.1, 0.15) is 11.3 Å². The van der Waals surface area contributed by atoms with E-state index in [1.54, 1.807) is 10.9 Å². The van der Waals surface area contributed by atoms with Gasteiger partial charge in [0.05, 0.1) is 5.69 Å². The van der Waals surface area contributed by atoms with Crippen molar-refractivity contribution in [3.8, 4) is 16.9 Å². The summed E-state index contributed by atoms with van der Waals surface area (Å²) in [5.41, 5.74) is 8.23. The molecule has 0 saturated heterocycles. The SMILES string of the molecule is CC(C)c1ccc(-c2nn(-c3ccccc3)cc2C(=O)O[C@@H](C)C(=O)NC(N)=O)cc1. The molecule has 0 spiro atoms. The Kier molecular flexibility index (Phi) is 6.49. The summed E-state index contributed by atoms with van der Waals surface area (Å²) in [6, 6.07) is 16.1. The highest BCUT2D eigenvalue weighted by atomic mass is 16.5. The molecule has 0 bridgehead atoms. The van der Waals surface area contributed by atoms with Crippen molar-refractivity contribution in [2.75, 3.05) is 0 Å². The van der Waals surface area contributed by atoms with Crippen molar-refractivity contribution in [3.63, 3.8) is 0 Å². The molecule has 31 heavy (non-hydrogen) atoms. The molecule has 0 aliphatic rings. The van der Waals surface area contributed by atoms with Crippen LogP contribution in [0.25, 0.3) is 16.9 Å². The Bertz CT molecular complexity index is 1090. The monoisotopic (exact) mass is 420 g/mol. The van der Waals surface area contributed by atoms with E-state index in [1.165, 1.54) is 6.92 Å². The minimum Gasteiger partial charge on any atom is -0.449 e. The minimum absolute atomic E-state index is 0.194. The van der Waals surface area contributed by atoms with Crippen molar-refractivity contribution in [3.05, 3.63) is 71.9 Å². The molecule has 0 radical (unpaired) electrons. The van der Waals surface area contributed by atoms with Gasteiger partial charge in [0, 0.05) is 11.8 Å². The van der Waals surface area contributed by atoms with Gasteiger partial charge in [-0.2, -0.15) is 5.10 Å². The van der Waals surface area contributed by atoms with Gasteiger partial charge in [-0.3, -0.25) is 10.1 Å². The van der Waals surface area contributed by atoms with Crippen LogP contribution in [0, 0.1) is 0 Å². The van der Waals surface area contributed by atoms with Crippen molar-refractivity contribution in [2.24, 2.45) is 5.73 Å². The second kappa shape index (κ2) is 9.25. The van der Waals surface area contributed by atoms with Crippen LogP contribution in [0.2, 0.25) is 0 Å². The van der Waals surface area contributed by atoms with Gasteiger partial charge in [0.2, 0.25) is 0 Å². The first-order valence-electron chi connectivity index (χ1n) is 9.83. The van der Waals surface area contributed by atoms with E-state index in [-0.39, 0.29) is 5.56 Å². The van der Waals surface area contributed by atoms with Gasteiger partial charge in [-0.15, -0.1) is 0 Å². The molecule has 0 unspecified atom stereocenters. The number of imide groups is 1. The summed E-state index contributed by atoms with van der Waals surface area (Å²) in [6.07, 6.45) is 0.346. The van der Waals surface area contributed by atoms with Crippen molar-refractivity contribution in [1.82, 2.24) is 15.1 Å². The van der Waals surface area contributed by atoms with Gasteiger partial charge < -0.3 is 10.5 Å². The van der Waals surface area contributed by atoms with Crippen molar-refractivity contribution < 1.29 is 19.1 Å². The van der Waals surface area contributed by atoms with Gasteiger partial charge in [0.15, 0.2) is 6.10 Å². The molecular weight excluding hydrogens is 396 g/mol. The fourth-order valence-corrected chi connectivity index (χ4v) is 2.98. The molecule has 0 aliphatic heterocycles. The van der Waals surface area contributed by atoms with E-state index in [2.05, 4.69) is 18.9 Å². The zero-order valence-corrected chi connectivity index (χ0v) is 17.5. The number of rotatable bonds is 6. The Morgan fingerprint density at radius 3 is 2.23 bits per heavy atom. The third kappa shape index (κ3) is 5.16. The minimum atomic E-state index is -1.21. The molecule has 1 heterocycles. The number of amides is 3. The summed E-state index contributed by atoms with van der Waals surface area (Å²) in [5.74, 6) is -1.18. The van der Waals surface area contributed by atoms with Gasteiger partial charge >= 0.3 is 12.0 Å². The third-order valence-corrected chi connectivity index (χ3v) is 4.71. The van der Waals surface area contributed by atoms with E-state index in [0.29, 0.717) is 11.6 Å². The highest BCUT2D eigenvalue weighted by Gasteiger charge is 2.25. The van der Waals surface area contributed by atoms with Crippen LogP contribution in [0.4, 0.5) is 4.79 Å². The van der Waals surface area contributed by atoms with Crippen LogP contribution in [-0.2, 0) is 9.53 Å². The van der Waals surface area contributed by atoms with Gasteiger partial charge in [0.25, 0.3) is 5.91 Å². The van der Waals surface area contributed by atoms with Crippen LogP contribution < -0.4 is 11.1 Å². The summed E-state index contributed by atoms with van der Waals surface area (Å²) in [7, 11) is 0. The lowest BCUT2D eigenvalue weighted by Crippen LogP contribution is -2.42. The number of nitrogens with zero attached hydrogens (tertiary/aromatic N) is 2. The second-order valence-corrected chi connectivity index (χ2v) is 7.35. The predicted octanol–water partition coefficient (Wildman–Crippen LogP) is 3.40. The Hall–Kier alpha value is -3.94. The smallest absolute Gasteiger partial charge is 0.342 e. The first-order chi connectivity index (χ1) is 14.8. The van der Waals surface area contributed by atoms with E-state index in [1.807, 2.05) is 59.9 Å². The number of ether oxygens (including phenoxy) is 1. The van der Waals surface area contributed by atoms with Crippen LogP contribution in [0.3, 0.4) is 0 Å². The lowest BCUT2D eigenvalue weighted by molar-refractivity contribution is -0.127. The molecule has 3 N–H and O–H groups in total. The molecule has 1 aromatic heterocycles. The molecule has 3 aromatic rings. The maximum atomic E-state index is 12.9. The molecule has 0 saturated carbocycles. The molecular formula is C23H24N4O4. The number of aromatic nitrogens is 2. The molecule has 0 aliphatic carbocycles. The lowest BCUT2D eigenvalue weighted by atomic mass is 10.00. The number of nitrogens with one attached hydrogen (secondary N) is 1. The summed E-state index contributed by atoms with van der Waals surface area (Å²) in [5, 5.41) is 6.48. The Labute approximate surface area is 180 Å². The van der Waals surface area contributed by atoms with E-state index < -0.39 is 24.0 Å². The summed E-state index contributed by atoms with van der Waals surface area (Å²) in [6.45, 7) is 5.55. The molecule has 160 valence electrons. The fourth-order valence-electron chi connectivity index (χ4n) is 2.98. The zero-order chi connectivity index (χ0) is 22.5. The molecule has 8 nitrogen and oxygen atoms in total. The van der Waals surface area contributed by atoms with Gasteiger partial charge in [-0.1, -0.05) is 56.3 Å². The van der Waals surface area contributed by atoms with Crippen LogP contribution in [0.5, 0.6) is 0 Å². The number of benzene rings is 2. The molecule has 2 aromatic carbocycles. The lowest BCUT2D eigenvalue weighted by Gasteiger charge is -2.12. The number of esters is 1. The quantitative estimate of drug-likeness (QED) is 0.593. The Morgan fingerprint density at radius 2 is 1.65 bits per heavy atom. The first kappa shape index (κ1) is 21.8. The van der Waals surface area contributed by atoms with Crippen LogP contribution in [0.15, 0.2) is 60.8 Å². The fraction of sp³-hybridized carbons (Fsp3) is 0.217. The first-order valence-corrected chi connectivity index (χ1v) is 9.83. The van der Waals surface area contributed by atoms with E-state index in [0.717, 1.165) is 16.8 Å². The van der Waals surface area contributed by atoms with Crippen molar-refractivity contribution in [1.29, 1.82) is 0 Å².